The van der Waals surface area contributed by atoms with E-state index in [1.807, 2.05) is 0 Å². The van der Waals surface area contributed by atoms with Crippen LogP contribution in [-0.2, 0) is 39.1 Å². The van der Waals surface area contributed by atoms with Crippen LogP contribution in [0.2, 0.25) is 0 Å². The van der Waals surface area contributed by atoms with Crippen LogP contribution in [0.15, 0.2) is 225 Å². The lowest BCUT2D eigenvalue weighted by Crippen LogP contribution is -2.31. The molecule has 7 nitrogen and oxygen atoms in total. The Hall–Kier alpha value is -8.55. The normalized spacial score (nSPS) is 12.9. The molecule has 0 atom stereocenters. The van der Waals surface area contributed by atoms with Crippen molar-refractivity contribution in [3.8, 4) is 34.0 Å². The maximum atomic E-state index is 6.91. The molecule has 0 saturated heterocycles. The average Bonchev–Trinajstić information content (AvgIpc) is 4.06. The zero-order valence-electron chi connectivity index (χ0n) is 37.7. The molecular weight excluding hydrogens is 835 g/mol. The zero-order valence-corrected chi connectivity index (χ0v) is 37.7. The van der Waals surface area contributed by atoms with E-state index in [-0.39, 0.29) is 0 Å². The molecule has 7 heteroatoms. The molecule has 0 fully saturated rings. The molecule has 0 aliphatic carbocycles. The van der Waals surface area contributed by atoms with Gasteiger partial charge in [-0.25, -0.2) is 18.3 Å². The average molecular weight is 884 g/mol. The molecule has 328 valence electrons. The van der Waals surface area contributed by atoms with Crippen LogP contribution < -0.4 is 18.6 Å². The number of pyridine rings is 1. The van der Waals surface area contributed by atoms with Crippen molar-refractivity contribution in [2.45, 2.75) is 39.1 Å². The fourth-order valence-corrected chi connectivity index (χ4v) is 9.57. The minimum absolute atomic E-state index is 0.395. The SMILES string of the molecule is c1cc2cc(c1)-n1cc[n+](c1)Cc1ccc(cc1)Cc1cccc(n1)Cc1ccc(cc1)C[n+]1ccn(c1)-c1cccc(c1)COc1ccc3ccccc3c1-c1c(ccc3ccccc13)OC2. The summed E-state index contributed by atoms with van der Waals surface area (Å²) in [5, 5.41) is 4.49. The second kappa shape index (κ2) is 18.0. The van der Waals surface area contributed by atoms with Gasteiger partial charge >= 0.3 is 0 Å². The fourth-order valence-electron chi connectivity index (χ4n) is 9.57. The minimum Gasteiger partial charge on any atom is -0.488 e. The predicted octanol–water partition coefficient (Wildman–Crippen LogP) is 12.0. The van der Waals surface area contributed by atoms with Crippen molar-refractivity contribution >= 4 is 21.5 Å². The van der Waals surface area contributed by atoms with Gasteiger partial charge in [0.25, 0.3) is 0 Å². The van der Waals surface area contributed by atoms with E-state index < -0.39 is 0 Å². The Kier molecular flexibility index (Phi) is 10.8. The van der Waals surface area contributed by atoms with Crippen molar-refractivity contribution in [3.63, 3.8) is 0 Å². The van der Waals surface area contributed by atoms with Gasteiger partial charge in [0.05, 0.1) is 0 Å². The molecule has 3 aromatic heterocycles. The molecule has 0 unspecified atom stereocenters. The van der Waals surface area contributed by atoms with E-state index in [9.17, 15) is 0 Å². The molecule has 0 N–H and O–H groups in total. The number of hydrogen-bond acceptors (Lipinski definition) is 3. The molecule has 0 amide bonds. The van der Waals surface area contributed by atoms with Gasteiger partial charge in [-0.15, -0.1) is 0 Å². The van der Waals surface area contributed by atoms with Gasteiger partial charge in [-0.3, -0.25) is 4.98 Å². The van der Waals surface area contributed by atoms with E-state index in [4.69, 9.17) is 14.5 Å². The van der Waals surface area contributed by atoms with Gasteiger partial charge in [0, 0.05) is 35.4 Å². The third kappa shape index (κ3) is 8.65. The highest BCUT2D eigenvalue weighted by atomic mass is 16.5. The predicted molar refractivity (Wildman–Crippen MR) is 268 cm³/mol. The number of ether oxygens (including phenoxy) is 2. The Balaban J connectivity index is 0.907. The Morgan fingerprint density at radius 2 is 0.838 bits per heavy atom. The van der Waals surface area contributed by atoms with Gasteiger partial charge in [0.2, 0.25) is 12.7 Å². The first-order valence-corrected chi connectivity index (χ1v) is 23.3. The Morgan fingerprint density at radius 1 is 0.397 bits per heavy atom. The molecule has 11 aromatic rings. The molecular formula is C61H49N5O2+2. The second-order valence-electron chi connectivity index (χ2n) is 17.8. The molecule has 8 aromatic carbocycles. The standard InChI is InChI=1S/C61H49N5O2/c1-3-16-56-50(10-1)26-28-58-60(56)61-57-17-4-2-11-51(57)27-29-59(61)68-41-49-9-6-15-55(37-49)66-33-31-64(43-66)39-47-24-20-45(21-25-47)35-53-13-7-12-52(62-53)34-44-18-22-46(23-19-44)38-63-30-32-65(42-63)54-14-5-8-48(36-54)40-67-58/h1-33,36-37,42-43H,34-35,38-41H2/q+2. The molecule has 14 bridgehead atoms. The summed E-state index contributed by atoms with van der Waals surface area (Å²) in [7, 11) is 0. The zero-order chi connectivity index (χ0) is 45.2. The van der Waals surface area contributed by atoms with Gasteiger partial charge < -0.3 is 9.47 Å². The number of nitrogens with zero attached hydrogens (tertiary/aromatic N) is 5. The van der Waals surface area contributed by atoms with Crippen LogP contribution >= 0.6 is 0 Å². The summed E-state index contributed by atoms with van der Waals surface area (Å²) >= 11 is 0. The first-order chi connectivity index (χ1) is 33.6. The lowest BCUT2D eigenvalue weighted by atomic mass is 9.92. The largest absolute Gasteiger partial charge is 0.488 e. The van der Waals surface area contributed by atoms with Crippen molar-refractivity contribution in [3.05, 3.63) is 270 Å². The summed E-state index contributed by atoms with van der Waals surface area (Å²) in [6.45, 7) is 2.33. The van der Waals surface area contributed by atoms with Crippen LogP contribution in [0.1, 0.15) is 44.8 Å². The molecule has 6 heterocycles. The van der Waals surface area contributed by atoms with Gasteiger partial charge in [-0.2, -0.15) is 0 Å². The minimum atomic E-state index is 0.395. The van der Waals surface area contributed by atoms with Crippen molar-refractivity contribution in [2.24, 2.45) is 0 Å². The van der Waals surface area contributed by atoms with E-state index in [0.717, 1.165) is 104 Å². The smallest absolute Gasteiger partial charge is 0.249 e. The highest BCUT2D eigenvalue weighted by molar-refractivity contribution is 6.09. The lowest BCUT2D eigenvalue weighted by Gasteiger charge is -2.20. The number of aromatic nitrogens is 5. The molecule has 68 heavy (non-hydrogen) atoms. The van der Waals surface area contributed by atoms with Gasteiger partial charge in [-0.1, -0.05) is 140 Å². The highest BCUT2D eigenvalue weighted by Crippen LogP contribution is 2.46. The Labute approximate surface area is 396 Å². The molecule has 0 saturated carbocycles. The van der Waals surface area contributed by atoms with Crippen LogP contribution in [0, 0.1) is 0 Å². The summed E-state index contributed by atoms with van der Waals surface area (Å²) in [5.41, 5.74) is 13.5. The van der Waals surface area contributed by atoms with Gasteiger partial charge in [0.15, 0.2) is 0 Å². The van der Waals surface area contributed by atoms with Gasteiger partial charge in [0.1, 0.15) is 74.0 Å². The van der Waals surface area contributed by atoms with Crippen molar-refractivity contribution in [2.75, 3.05) is 0 Å². The van der Waals surface area contributed by atoms with Crippen molar-refractivity contribution < 1.29 is 18.6 Å². The van der Waals surface area contributed by atoms with Crippen LogP contribution in [0.4, 0.5) is 0 Å². The lowest BCUT2D eigenvalue weighted by molar-refractivity contribution is -0.687. The van der Waals surface area contributed by atoms with Crippen molar-refractivity contribution in [1.29, 1.82) is 0 Å². The third-order valence-corrected chi connectivity index (χ3v) is 13.0. The van der Waals surface area contributed by atoms with E-state index in [1.54, 1.807) is 0 Å². The molecule has 0 radical (unpaired) electrons. The third-order valence-electron chi connectivity index (χ3n) is 13.0. The monoisotopic (exact) mass is 883 g/mol. The Morgan fingerprint density at radius 3 is 1.32 bits per heavy atom. The van der Waals surface area contributed by atoms with E-state index >= 15 is 0 Å². The second-order valence-corrected chi connectivity index (χ2v) is 17.8. The number of rotatable bonds is 0. The summed E-state index contributed by atoms with van der Waals surface area (Å²) in [5.74, 6) is 1.60. The number of imidazole rings is 2. The molecule has 3 aliphatic heterocycles. The number of hydrogen-bond donors (Lipinski definition) is 0. The first-order valence-electron chi connectivity index (χ1n) is 23.3. The van der Waals surface area contributed by atoms with Crippen LogP contribution in [0.25, 0.3) is 44.0 Å². The maximum Gasteiger partial charge on any atom is 0.249 e. The quantitative estimate of drug-likeness (QED) is 0.143. The van der Waals surface area contributed by atoms with E-state index in [2.05, 4.69) is 244 Å². The summed E-state index contributed by atoms with van der Waals surface area (Å²) < 4.78 is 22.6. The maximum absolute atomic E-state index is 6.91. The first kappa shape index (κ1) is 40.9. The summed E-state index contributed by atoms with van der Waals surface area (Å²) in [4.78, 5) is 5.07. The molecule has 14 rings (SSSR count). The number of benzene rings is 8. The van der Waals surface area contributed by atoms with Crippen LogP contribution in [0.3, 0.4) is 0 Å². The fraction of sp³-hybridized carbons (Fsp3) is 0.0984. The highest BCUT2D eigenvalue weighted by Gasteiger charge is 2.20. The topological polar surface area (TPSA) is 49.0 Å². The Bertz CT molecular complexity index is 3360. The van der Waals surface area contributed by atoms with Crippen molar-refractivity contribution in [1.82, 2.24) is 14.1 Å². The summed E-state index contributed by atoms with van der Waals surface area (Å²) in [6, 6.07) is 67.1. The molecule has 0 spiro atoms. The number of fused-ring (bicyclic) bond motifs is 4. The summed E-state index contributed by atoms with van der Waals surface area (Å²) in [6.07, 6.45) is 14.4. The molecule has 3 aliphatic rings. The van der Waals surface area contributed by atoms with E-state index in [0.29, 0.717) is 13.2 Å². The van der Waals surface area contributed by atoms with Crippen LogP contribution in [0.5, 0.6) is 11.5 Å². The van der Waals surface area contributed by atoms with E-state index in [1.165, 1.54) is 22.3 Å². The van der Waals surface area contributed by atoms with Crippen LogP contribution in [-0.4, -0.2) is 14.1 Å². The van der Waals surface area contributed by atoms with Gasteiger partial charge in [-0.05, 0) is 103 Å².